The minimum Gasteiger partial charge on any atom is -0.383 e. The molecular weight excluding hydrogens is 262 g/mol. The summed E-state index contributed by atoms with van der Waals surface area (Å²) in [6.45, 7) is 6.25. The highest BCUT2D eigenvalue weighted by Crippen LogP contribution is 2.21. The van der Waals surface area contributed by atoms with E-state index in [1.165, 1.54) is 11.1 Å². The van der Waals surface area contributed by atoms with Gasteiger partial charge in [0, 0.05) is 26.7 Å². The number of ether oxygens (including phenoxy) is 1. The number of guanidine groups is 1. The Morgan fingerprint density at radius 3 is 2.76 bits per heavy atom. The summed E-state index contributed by atoms with van der Waals surface area (Å²) >= 11 is 0. The normalized spacial score (nSPS) is 15.8. The molecule has 1 aromatic carbocycles. The highest BCUT2D eigenvalue weighted by atomic mass is 16.5. The predicted molar refractivity (Wildman–Crippen MR) is 88.5 cm³/mol. The van der Waals surface area contributed by atoms with Gasteiger partial charge >= 0.3 is 0 Å². The number of hydrogen-bond donors (Lipinski definition) is 1. The van der Waals surface area contributed by atoms with Gasteiger partial charge in [-0.25, -0.2) is 0 Å². The van der Waals surface area contributed by atoms with Crippen molar-refractivity contribution in [2.75, 3.05) is 39.9 Å². The van der Waals surface area contributed by atoms with E-state index in [9.17, 15) is 0 Å². The van der Waals surface area contributed by atoms with Crippen LogP contribution in [-0.4, -0.2) is 50.8 Å². The SMILES string of the molecule is CCNC(=NCCOC)N1CC=C(c2ccccc2)CC1. The Balaban J connectivity index is 2.00. The molecule has 1 heterocycles. The minimum absolute atomic E-state index is 0.661. The van der Waals surface area contributed by atoms with Gasteiger partial charge in [-0.1, -0.05) is 36.4 Å². The van der Waals surface area contributed by atoms with Gasteiger partial charge in [-0.05, 0) is 24.5 Å². The van der Waals surface area contributed by atoms with Gasteiger partial charge < -0.3 is 15.0 Å². The van der Waals surface area contributed by atoms with Crippen LogP contribution in [0.5, 0.6) is 0 Å². The maximum absolute atomic E-state index is 5.07. The van der Waals surface area contributed by atoms with Gasteiger partial charge in [0.1, 0.15) is 0 Å². The van der Waals surface area contributed by atoms with E-state index in [2.05, 4.69) is 58.5 Å². The molecule has 0 aromatic heterocycles. The molecule has 0 aliphatic carbocycles. The molecule has 0 atom stereocenters. The lowest BCUT2D eigenvalue weighted by Gasteiger charge is -2.29. The van der Waals surface area contributed by atoms with Crippen LogP contribution in [0, 0.1) is 0 Å². The average Bonchev–Trinajstić information content (AvgIpc) is 2.55. The van der Waals surface area contributed by atoms with Crippen LogP contribution in [0.25, 0.3) is 5.57 Å². The first-order chi connectivity index (χ1) is 10.3. The third kappa shape index (κ3) is 4.60. The number of benzene rings is 1. The first kappa shape index (κ1) is 15.6. The van der Waals surface area contributed by atoms with Gasteiger partial charge in [-0.15, -0.1) is 0 Å². The summed E-state index contributed by atoms with van der Waals surface area (Å²) in [6, 6.07) is 10.6. The van der Waals surface area contributed by atoms with Crippen molar-refractivity contribution in [3.05, 3.63) is 42.0 Å². The number of aliphatic imine (C=N–C) groups is 1. The molecule has 21 heavy (non-hydrogen) atoms. The van der Waals surface area contributed by atoms with E-state index in [0.717, 1.165) is 32.0 Å². The van der Waals surface area contributed by atoms with Crippen molar-refractivity contribution >= 4 is 11.5 Å². The van der Waals surface area contributed by atoms with Gasteiger partial charge in [0.05, 0.1) is 13.2 Å². The van der Waals surface area contributed by atoms with E-state index < -0.39 is 0 Å². The first-order valence-corrected chi connectivity index (χ1v) is 7.61. The van der Waals surface area contributed by atoms with Gasteiger partial charge in [0.2, 0.25) is 0 Å². The predicted octanol–water partition coefficient (Wildman–Crippen LogP) is 2.39. The van der Waals surface area contributed by atoms with Crippen LogP contribution in [0.15, 0.2) is 41.4 Å². The first-order valence-electron chi connectivity index (χ1n) is 7.61. The van der Waals surface area contributed by atoms with E-state index in [4.69, 9.17) is 4.74 Å². The molecule has 1 aliphatic heterocycles. The van der Waals surface area contributed by atoms with Crippen LogP contribution in [-0.2, 0) is 4.74 Å². The topological polar surface area (TPSA) is 36.9 Å². The van der Waals surface area contributed by atoms with E-state index >= 15 is 0 Å². The van der Waals surface area contributed by atoms with Crippen molar-refractivity contribution < 1.29 is 4.74 Å². The Morgan fingerprint density at radius 1 is 1.33 bits per heavy atom. The number of nitrogens with one attached hydrogen (secondary N) is 1. The summed E-state index contributed by atoms with van der Waals surface area (Å²) in [5.41, 5.74) is 2.76. The second-order valence-corrected chi connectivity index (χ2v) is 5.02. The molecular formula is C17H25N3O. The van der Waals surface area contributed by atoms with E-state index in [1.54, 1.807) is 7.11 Å². The van der Waals surface area contributed by atoms with Crippen LogP contribution in [0.1, 0.15) is 18.9 Å². The molecule has 1 N–H and O–H groups in total. The number of methoxy groups -OCH3 is 1. The zero-order chi connectivity index (χ0) is 14.9. The van der Waals surface area contributed by atoms with Gasteiger partial charge in [-0.2, -0.15) is 0 Å². The molecule has 114 valence electrons. The molecule has 0 amide bonds. The number of nitrogens with zero attached hydrogens (tertiary/aromatic N) is 2. The van der Waals surface area contributed by atoms with Crippen LogP contribution < -0.4 is 5.32 Å². The largest absolute Gasteiger partial charge is 0.383 e. The number of hydrogen-bond acceptors (Lipinski definition) is 2. The third-order valence-electron chi connectivity index (χ3n) is 3.55. The molecule has 4 nitrogen and oxygen atoms in total. The highest BCUT2D eigenvalue weighted by Gasteiger charge is 2.15. The Labute approximate surface area is 127 Å². The monoisotopic (exact) mass is 287 g/mol. The molecule has 0 radical (unpaired) electrons. The molecule has 0 bridgehead atoms. The summed E-state index contributed by atoms with van der Waals surface area (Å²) in [5.74, 6) is 0.984. The fourth-order valence-electron chi connectivity index (χ4n) is 2.44. The standard InChI is InChI=1S/C17H25N3O/c1-3-18-17(19-11-14-21-2)20-12-9-16(10-13-20)15-7-5-4-6-8-15/h4-9H,3,10-14H2,1-2H3,(H,18,19). The molecule has 0 fully saturated rings. The van der Waals surface area contributed by atoms with E-state index in [0.29, 0.717) is 13.2 Å². The maximum Gasteiger partial charge on any atom is 0.194 e. The molecule has 0 spiro atoms. The molecule has 0 saturated heterocycles. The molecule has 0 unspecified atom stereocenters. The molecule has 0 saturated carbocycles. The van der Waals surface area contributed by atoms with Crippen LogP contribution in [0.2, 0.25) is 0 Å². The summed E-state index contributed by atoms with van der Waals surface area (Å²) < 4.78 is 5.07. The lowest BCUT2D eigenvalue weighted by atomic mass is 10.00. The Bertz CT molecular complexity index is 482. The van der Waals surface area contributed by atoms with Crippen molar-refractivity contribution in [3.8, 4) is 0 Å². The van der Waals surface area contributed by atoms with Gasteiger partial charge in [-0.3, -0.25) is 4.99 Å². The van der Waals surface area contributed by atoms with Crippen LogP contribution >= 0.6 is 0 Å². The van der Waals surface area contributed by atoms with Crippen molar-refractivity contribution in [3.63, 3.8) is 0 Å². The lowest BCUT2D eigenvalue weighted by Crippen LogP contribution is -2.43. The maximum atomic E-state index is 5.07. The zero-order valence-electron chi connectivity index (χ0n) is 13.0. The summed E-state index contributed by atoms with van der Waals surface area (Å²) in [7, 11) is 1.71. The van der Waals surface area contributed by atoms with Crippen LogP contribution in [0.3, 0.4) is 0 Å². The van der Waals surface area contributed by atoms with Crippen molar-refractivity contribution in [2.45, 2.75) is 13.3 Å². The second-order valence-electron chi connectivity index (χ2n) is 5.02. The third-order valence-corrected chi connectivity index (χ3v) is 3.55. The second kappa shape index (κ2) is 8.47. The summed E-state index contributed by atoms with van der Waals surface area (Å²) in [5, 5.41) is 3.36. The average molecular weight is 287 g/mol. The molecule has 4 heteroatoms. The van der Waals surface area contributed by atoms with Crippen molar-refractivity contribution in [2.24, 2.45) is 4.99 Å². The highest BCUT2D eigenvalue weighted by molar-refractivity contribution is 5.81. The molecule has 1 aromatic rings. The number of rotatable bonds is 5. The fourth-order valence-corrected chi connectivity index (χ4v) is 2.44. The zero-order valence-corrected chi connectivity index (χ0v) is 13.0. The fraction of sp³-hybridized carbons (Fsp3) is 0.471. The Morgan fingerprint density at radius 2 is 2.14 bits per heavy atom. The van der Waals surface area contributed by atoms with Crippen molar-refractivity contribution in [1.29, 1.82) is 0 Å². The summed E-state index contributed by atoms with van der Waals surface area (Å²) in [4.78, 5) is 6.90. The minimum atomic E-state index is 0.661. The quantitative estimate of drug-likeness (QED) is 0.513. The van der Waals surface area contributed by atoms with E-state index in [-0.39, 0.29) is 0 Å². The van der Waals surface area contributed by atoms with Gasteiger partial charge in [0.25, 0.3) is 0 Å². The Hall–Kier alpha value is -1.81. The van der Waals surface area contributed by atoms with Crippen molar-refractivity contribution in [1.82, 2.24) is 10.2 Å². The van der Waals surface area contributed by atoms with E-state index in [1.807, 2.05) is 0 Å². The summed E-state index contributed by atoms with van der Waals surface area (Å²) in [6.07, 6.45) is 3.36. The van der Waals surface area contributed by atoms with Crippen LogP contribution in [0.4, 0.5) is 0 Å². The molecule has 2 rings (SSSR count). The lowest BCUT2D eigenvalue weighted by molar-refractivity contribution is 0.207. The molecule has 1 aliphatic rings. The smallest absolute Gasteiger partial charge is 0.194 e. The Kier molecular flexibility index (Phi) is 6.28. The van der Waals surface area contributed by atoms with Gasteiger partial charge in [0.15, 0.2) is 5.96 Å².